The molecule has 4 rings (SSSR count). The van der Waals surface area contributed by atoms with Crippen molar-refractivity contribution in [3.63, 3.8) is 0 Å². The van der Waals surface area contributed by atoms with Gasteiger partial charge in [-0.1, -0.05) is 42.5 Å². The summed E-state index contributed by atoms with van der Waals surface area (Å²) in [5, 5.41) is 5.62. The number of hydrogen-bond acceptors (Lipinski definition) is 3. The summed E-state index contributed by atoms with van der Waals surface area (Å²) in [7, 11) is 0. The van der Waals surface area contributed by atoms with Crippen molar-refractivity contribution in [2.24, 2.45) is 0 Å². The largest absolute Gasteiger partial charge is 0.298 e. The number of nitrogens with zero attached hydrogens (tertiary/aromatic N) is 1. The summed E-state index contributed by atoms with van der Waals surface area (Å²) in [5.74, 6) is 0.503. The number of anilines is 1. The van der Waals surface area contributed by atoms with E-state index in [1.54, 1.807) is 0 Å². The van der Waals surface area contributed by atoms with Gasteiger partial charge < -0.3 is 0 Å². The van der Waals surface area contributed by atoms with Crippen molar-refractivity contribution in [3.05, 3.63) is 71.2 Å². The van der Waals surface area contributed by atoms with Gasteiger partial charge >= 0.3 is 0 Å². The molecule has 114 valence electrons. The number of hydrogen-bond donors (Lipinski definition) is 1. The Kier molecular flexibility index (Phi) is 3.67. The molecule has 23 heavy (non-hydrogen) atoms. The van der Waals surface area contributed by atoms with Crippen LogP contribution in [0.15, 0.2) is 60.0 Å². The normalized spacial score (nSPS) is 13.7. The maximum absolute atomic E-state index is 12.3. The first-order valence-corrected chi connectivity index (χ1v) is 8.60. The average Bonchev–Trinajstić information content (AvgIpc) is 3.36. The molecule has 1 saturated carbocycles. The van der Waals surface area contributed by atoms with Crippen molar-refractivity contribution < 1.29 is 4.79 Å². The fourth-order valence-corrected chi connectivity index (χ4v) is 3.31. The molecule has 4 heteroatoms. The highest BCUT2D eigenvalue weighted by molar-refractivity contribution is 7.14. The fraction of sp³-hybridized carbons (Fsp3) is 0.158. The van der Waals surface area contributed by atoms with E-state index < -0.39 is 0 Å². The molecular formula is C19H16N2OS. The first kappa shape index (κ1) is 14.2. The Bertz CT molecular complexity index is 820. The van der Waals surface area contributed by atoms with E-state index in [-0.39, 0.29) is 5.91 Å². The number of rotatable bonds is 4. The minimum Gasteiger partial charge on any atom is -0.298 e. The molecule has 0 aliphatic heterocycles. The van der Waals surface area contributed by atoms with Crippen molar-refractivity contribution >= 4 is 22.4 Å². The summed E-state index contributed by atoms with van der Waals surface area (Å²) in [6.45, 7) is 0. The van der Waals surface area contributed by atoms with Crippen molar-refractivity contribution in [2.45, 2.75) is 18.8 Å². The molecule has 1 aliphatic rings. The first-order chi connectivity index (χ1) is 11.3. The number of aromatic nitrogens is 1. The van der Waals surface area contributed by atoms with E-state index in [4.69, 9.17) is 0 Å². The number of amides is 1. The van der Waals surface area contributed by atoms with E-state index in [1.165, 1.54) is 24.2 Å². The van der Waals surface area contributed by atoms with Crippen molar-refractivity contribution in [3.8, 4) is 11.1 Å². The minimum absolute atomic E-state index is 0.110. The summed E-state index contributed by atoms with van der Waals surface area (Å²) in [6.07, 6.45) is 2.44. The van der Waals surface area contributed by atoms with Crippen LogP contribution < -0.4 is 5.32 Å². The van der Waals surface area contributed by atoms with Gasteiger partial charge in [-0.3, -0.25) is 10.1 Å². The Balaban J connectivity index is 1.47. The second-order valence-corrected chi connectivity index (χ2v) is 6.61. The Morgan fingerprint density at radius 3 is 2.39 bits per heavy atom. The number of nitrogens with one attached hydrogen (secondary N) is 1. The SMILES string of the molecule is O=C(Nc1nc(C2CC2)cs1)c1ccc(-c2ccccc2)cc1. The lowest BCUT2D eigenvalue weighted by atomic mass is 10.0. The molecule has 0 radical (unpaired) electrons. The summed E-state index contributed by atoms with van der Waals surface area (Å²) in [6, 6.07) is 17.8. The summed E-state index contributed by atoms with van der Waals surface area (Å²) in [5.41, 5.74) is 4.01. The molecular weight excluding hydrogens is 304 g/mol. The zero-order chi connectivity index (χ0) is 15.6. The van der Waals surface area contributed by atoms with E-state index in [9.17, 15) is 4.79 Å². The molecule has 0 spiro atoms. The van der Waals surface area contributed by atoms with Gasteiger partial charge in [0.15, 0.2) is 5.13 Å². The van der Waals surface area contributed by atoms with Gasteiger partial charge in [-0.05, 0) is 36.1 Å². The van der Waals surface area contributed by atoms with Gasteiger partial charge in [0, 0.05) is 16.9 Å². The highest BCUT2D eigenvalue weighted by atomic mass is 32.1. The number of benzene rings is 2. The van der Waals surface area contributed by atoms with E-state index in [2.05, 4.69) is 22.4 Å². The van der Waals surface area contributed by atoms with Crippen LogP contribution in [0.1, 0.15) is 34.8 Å². The summed E-state index contributed by atoms with van der Waals surface area (Å²) in [4.78, 5) is 16.8. The van der Waals surface area contributed by atoms with Gasteiger partial charge in [0.25, 0.3) is 5.91 Å². The third-order valence-corrected chi connectivity index (χ3v) is 4.77. The molecule has 1 heterocycles. The molecule has 0 bridgehead atoms. The Labute approximate surface area is 139 Å². The standard InChI is InChI=1S/C19H16N2OS/c22-18(21-19-20-17(12-23-19)15-8-9-15)16-10-6-14(7-11-16)13-4-2-1-3-5-13/h1-7,10-12,15H,8-9H2,(H,20,21,22). The predicted molar refractivity (Wildman–Crippen MR) is 93.9 cm³/mol. The van der Waals surface area contributed by atoms with E-state index in [1.807, 2.05) is 47.8 Å². The molecule has 1 N–H and O–H groups in total. The van der Waals surface area contributed by atoms with Crippen LogP contribution in [-0.2, 0) is 0 Å². The second-order valence-electron chi connectivity index (χ2n) is 5.75. The van der Waals surface area contributed by atoms with Crippen LogP contribution in [0.5, 0.6) is 0 Å². The molecule has 0 atom stereocenters. The second kappa shape index (κ2) is 5.97. The molecule has 3 nitrogen and oxygen atoms in total. The van der Waals surface area contributed by atoms with E-state index in [0.29, 0.717) is 16.6 Å². The highest BCUT2D eigenvalue weighted by Crippen LogP contribution is 2.40. The van der Waals surface area contributed by atoms with Gasteiger partial charge in [-0.2, -0.15) is 0 Å². The number of carbonyl (C=O) groups is 1. The van der Waals surface area contributed by atoms with Crippen LogP contribution in [0, 0.1) is 0 Å². The lowest BCUT2D eigenvalue weighted by molar-refractivity contribution is 0.102. The molecule has 3 aromatic rings. The topological polar surface area (TPSA) is 42.0 Å². The Hall–Kier alpha value is -2.46. The lowest BCUT2D eigenvalue weighted by Crippen LogP contribution is -2.11. The third kappa shape index (κ3) is 3.17. The monoisotopic (exact) mass is 320 g/mol. The van der Waals surface area contributed by atoms with Crippen LogP contribution >= 0.6 is 11.3 Å². The van der Waals surface area contributed by atoms with Gasteiger partial charge in [-0.25, -0.2) is 4.98 Å². The highest BCUT2D eigenvalue weighted by Gasteiger charge is 2.26. The van der Waals surface area contributed by atoms with Crippen molar-refractivity contribution in [1.82, 2.24) is 4.98 Å². The fourth-order valence-electron chi connectivity index (χ4n) is 2.52. The van der Waals surface area contributed by atoms with Gasteiger partial charge in [0.2, 0.25) is 0 Å². The van der Waals surface area contributed by atoms with Crippen LogP contribution in [0.3, 0.4) is 0 Å². The first-order valence-electron chi connectivity index (χ1n) is 7.72. The molecule has 1 fully saturated rings. The molecule has 0 saturated heterocycles. The van der Waals surface area contributed by atoms with Crippen LogP contribution in [-0.4, -0.2) is 10.9 Å². The molecule has 0 unspecified atom stereocenters. The minimum atomic E-state index is -0.110. The maximum atomic E-state index is 12.3. The van der Waals surface area contributed by atoms with Crippen LogP contribution in [0.2, 0.25) is 0 Å². The van der Waals surface area contributed by atoms with Crippen molar-refractivity contribution in [1.29, 1.82) is 0 Å². The van der Waals surface area contributed by atoms with Gasteiger partial charge in [0.05, 0.1) is 5.69 Å². The van der Waals surface area contributed by atoms with Crippen LogP contribution in [0.25, 0.3) is 11.1 Å². The Morgan fingerprint density at radius 2 is 1.70 bits per heavy atom. The maximum Gasteiger partial charge on any atom is 0.257 e. The van der Waals surface area contributed by atoms with E-state index in [0.717, 1.165) is 16.8 Å². The smallest absolute Gasteiger partial charge is 0.257 e. The Morgan fingerprint density at radius 1 is 1.00 bits per heavy atom. The molecule has 1 amide bonds. The molecule has 1 aliphatic carbocycles. The summed E-state index contributed by atoms with van der Waals surface area (Å²) >= 11 is 1.50. The number of thiazole rings is 1. The lowest BCUT2D eigenvalue weighted by Gasteiger charge is -2.04. The third-order valence-electron chi connectivity index (χ3n) is 3.99. The van der Waals surface area contributed by atoms with Crippen LogP contribution in [0.4, 0.5) is 5.13 Å². The van der Waals surface area contributed by atoms with Crippen molar-refractivity contribution in [2.75, 3.05) is 5.32 Å². The average molecular weight is 320 g/mol. The van der Waals surface area contributed by atoms with Gasteiger partial charge in [-0.15, -0.1) is 11.3 Å². The number of carbonyl (C=O) groups excluding carboxylic acids is 1. The molecule has 2 aromatic carbocycles. The summed E-state index contributed by atoms with van der Waals surface area (Å²) < 4.78 is 0. The zero-order valence-electron chi connectivity index (χ0n) is 12.5. The quantitative estimate of drug-likeness (QED) is 0.740. The van der Waals surface area contributed by atoms with Gasteiger partial charge in [0.1, 0.15) is 0 Å². The predicted octanol–water partition coefficient (Wildman–Crippen LogP) is 4.94. The molecule has 1 aromatic heterocycles. The van der Waals surface area contributed by atoms with E-state index >= 15 is 0 Å². The zero-order valence-corrected chi connectivity index (χ0v) is 13.3.